The first kappa shape index (κ1) is 14.2. The van der Waals surface area contributed by atoms with Gasteiger partial charge < -0.3 is 10.0 Å². The normalized spacial score (nSPS) is 10.5. The van der Waals surface area contributed by atoms with E-state index in [0.29, 0.717) is 17.9 Å². The molecule has 98 valence electrons. The van der Waals surface area contributed by atoms with Gasteiger partial charge in [0.05, 0.1) is 11.4 Å². The third-order valence-electron chi connectivity index (χ3n) is 2.78. The van der Waals surface area contributed by atoms with Gasteiger partial charge in [0.15, 0.2) is 0 Å². The Morgan fingerprint density at radius 3 is 2.61 bits per heavy atom. The second-order valence-electron chi connectivity index (χ2n) is 4.58. The molecule has 1 N–H and O–H groups in total. The number of aromatic nitrogens is 1. The molecular weight excluding hydrogens is 228 g/mol. The van der Waals surface area contributed by atoms with Gasteiger partial charge in [0.2, 0.25) is 0 Å². The van der Waals surface area contributed by atoms with Crippen molar-refractivity contribution in [3.63, 3.8) is 0 Å². The molecule has 0 spiro atoms. The zero-order valence-corrected chi connectivity index (χ0v) is 11.4. The second kappa shape index (κ2) is 5.67. The van der Waals surface area contributed by atoms with Crippen LogP contribution in [0.5, 0.6) is 0 Å². The van der Waals surface area contributed by atoms with Crippen LogP contribution < -0.4 is 4.90 Å². The molecule has 0 atom stereocenters. The topological polar surface area (TPSA) is 53.4 Å². The van der Waals surface area contributed by atoms with Crippen LogP contribution >= 0.6 is 0 Å². The van der Waals surface area contributed by atoms with Gasteiger partial charge in [-0.2, -0.15) is 0 Å². The number of carboxylic acids is 1. The summed E-state index contributed by atoms with van der Waals surface area (Å²) in [6.45, 7) is 12.0. The van der Waals surface area contributed by atoms with Crippen LogP contribution in [0.3, 0.4) is 0 Å². The molecule has 0 radical (unpaired) electrons. The van der Waals surface area contributed by atoms with Crippen LogP contribution in [0.25, 0.3) is 0 Å². The van der Waals surface area contributed by atoms with Crippen molar-refractivity contribution in [2.45, 2.75) is 33.7 Å². The highest BCUT2D eigenvalue weighted by atomic mass is 16.4. The Morgan fingerprint density at radius 2 is 2.17 bits per heavy atom. The Labute approximate surface area is 108 Å². The van der Waals surface area contributed by atoms with E-state index in [1.807, 2.05) is 31.7 Å². The Balaban J connectivity index is 3.44. The van der Waals surface area contributed by atoms with E-state index in [4.69, 9.17) is 0 Å². The molecule has 0 saturated heterocycles. The van der Waals surface area contributed by atoms with Gasteiger partial charge >= 0.3 is 5.97 Å². The highest BCUT2D eigenvalue weighted by Crippen LogP contribution is 2.25. The van der Waals surface area contributed by atoms with E-state index in [0.717, 1.165) is 5.69 Å². The highest BCUT2D eigenvalue weighted by Gasteiger charge is 2.21. The largest absolute Gasteiger partial charge is 0.478 e. The van der Waals surface area contributed by atoms with Crippen LogP contribution in [-0.4, -0.2) is 28.6 Å². The van der Waals surface area contributed by atoms with Gasteiger partial charge in [-0.15, -0.1) is 6.58 Å². The van der Waals surface area contributed by atoms with E-state index in [9.17, 15) is 9.90 Å². The fraction of sp³-hybridized carbons (Fsp3) is 0.429. The summed E-state index contributed by atoms with van der Waals surface area (Å²) >= 11 is 0. The zero-order chi connectivity index (χ0) is 13.9. The quantitative estimate of drug-likeness (QED) is 0.814. The van der Waals surface area contributed by atoms with Crippen LogP contribution in [-0.2, 0) is 0 Å². The third kappa shape index (κ3) is 2.88. The third-order valence-corrected chi connectivity index (χ3v) is 2.78. The lowest BCUT2D eigenvalue weighted by atomic mass is 10.1. The van der Waals surface area contributed by atoms with Gasteiger partial charge in [-0.05, 0) is 33.8 Å². The summed E-state index contributed by atoms with van der Waals surface area (Å²) in [7, 11) is 0. The average molecular weight is 248 g/mol. The molecule has 0 unspecified atom stereocenters. The van der Waals surface area contributed by atoms with Gasteiger partial charge in [0.1, 0.15) is 5.56 Å². The lowest BCUT2D eigenvalue weighted by Crippen LogP contribution is -2.32. The molecule has 0 aliphatic carbocycles. The van der Waals surface area contributed by atoms with Crippen molar-refractivity contribution < 1.29 is 9.90 Å². The summed E-state index contributed by atoms with van der Waals surface area (Å²) < 4.78 is 0. The Morgan fingerprint density at radius 1 is 1.56 bits per heavy atom. The highest BCUT2D eigenvalue weighted by molar-refractivity contribution is 5.95. The molecule has 4 nitrogen and oxygen atoms in total. The van der Waals surface area contributed by atoms with Crippen molar-refractivity contribution >= 4 is 11.7 Å². The summed E-state index contributed by atoms with van der Waals surface area (Å²) in [6, 6.07) is 2.02. The molecule has 0 amide bonds. The number of aromatic carboxylic acids is 1. The molecule has 1 aromatic heterocycles. The molecule has 0 aliphatic rings. The molecule has 0 aromatic carbocycles. The van der Waals surface area contributed by atoms with E-state index >= 15 is 0 Å². The first-order valence-corrected chi connectivity index (χ1v) is 5.97. The van der Waals surface area contributed by atoms with E-state index in [-0.39, 0.29) is 11.6 Å². The van der Waals surface area contributed by atoms with Crippen molar-refractivity contribution in [3.8, 4) is 0 Å². The summed E-state index contributed by atoms with van der Waals surface area (Å²) in [5, 5.41) is 9.34. The number of anilines is 1. The van der Waals surface area contributed by atoms with Crippen LogP contribution in [0.4, 0.5) is 5.69 Å². The summed E-state index contributed by atoms with van der Waals surface area (Å²) in [6.07, 6.45) is 1.77. The van der Waals surface area contributed by atoms with Crippen LogP contribution in [0, 0.1) is 13.8 Å². The lowest BCUT2D eigenvalue weighted by molar-refractivity contribution is 0.0696. The van der Waals surface area contributed by atoms with E-state index in [2.05, 4.69) is 11.6 Å². The lowest BCUT2D eigenvalue weighted by Gasteiger charge is -2.29. The Bertz CT molecular complexity index is 467. The van der Waals surface area contributed by atoms with Gasteiger partial charge in [0.25, 0.3) is 0 Å². The smallest absolute Gasteiger partial charge is 0.339 e. The minimum atomic E-state index is -0.940. The van der Waals surface area contributed by atoms with Crippen molar-refractivity contribution in [1.82, 2.24) is 4.98 Å². The van der Waals surface area contributed by atoms with Crippen molar-refractivity contribution in [2.24, 2.45) is 0 Å². The van der Waals surface area contributed by atoms with Gasteiger partial charge in [-0.1, -0.05) is 6.08 Å². The maximum atomic E-state index is 11.4. The standard InChI is InChI=1S/C14H20N2O2/c1-6-7-16(9(2)3)12-8-10(4)15-11(5)13(12)14(17)18/h6,8-9H,1,7H2,2-5H3,(H,17,18). The maximum Gasteiger partial charge on any atom is 0.339 e. The fourth-order valence-corrected chi connectivity index (χ4v) is 2.03. The number of nitrogens with zero attached hydrogens (tertiary/aromatic N) is 2. The SMILES string of the molecule is C=CCN(c1cc(C)nc(C)c1C(=O)O)C(C)C. The predicted octanol–water partition coefficient (Wildman–Crippen LogP) is 2.80. The van der Waals surface area contributed by atoms with Gasteiger partial charge in [-0.3, -0.25) is 4.98 Å². The molecule has 0 fully saturated rings. The van der Waals surface area contributed by atoms with Crippen molar-refractivity contribution in [2.75, 3.05) is 11.4 Å². The number of aryl methyl sites for hydroxylation is 2. The minimum absolute atomic E-state index is 0.197. The molecule has 0 bridgehead atoms. The fourth-order valence-electron chi connectivity index (χ4n) is 2.03. The maximum absolute atomic E-state index is 11.4. The first-order valence-electron chi connectivity index (χ1n) is 5.97. The second-order valence-corrected chi connectivity index (χ2v) is 4.58. The number of rotatable bonds is 5. The van der Waals surface area contributed by atoms with Crippen molar-refractivity contribution in [1.29, 1.82) is 0 Å². The zero-order valence-electron chi connectivity index (χ0n) is 11.4. The molecule has 1 aromatic rings. The van der Waals surface area contributed by atoms with E-state index < -0.39 is 5.97 Å². The van der Waals surface area contributed by atoms with Crippen LogP contribution in [0.1, 0.15) is 35.6 Å². The van der Waals surface area contributed by atoms with Gasteiger partial charge in [0, 0.05) is 18.3 Å². The monoisotopic (exact) mass is 248 g/mol. The Hall–Kier alpha value is -1.84. The van der Waals surface area contributed by atoms with Crippen LogP contribution in [0.15, 0.2) is 18.7 Å². The summed E-state index contributed by atoms with van der Waals surface area (Å²) in [5.41, 5.74) is 2.35. The number of hydrogen-bond acceptors (Lipinski definition) is 3. The Kier molecular flexibility index (Phi) is 4.48. The van der Waals surface area contributed by atoms with Crippen LogP contribution in [0.2, 0.25) is 0 Å². The van der Waals surface area contributed by atoms with E-state index in [1.165, 1.54) is 0 Å². The average Bonchev–Trinajstić information content (AvgIpc) is 2.23. The molecular formula is C14H20N2O2. The predicted molar refractivity (Wildman–Crippen MR) is 73.3 cm³/mol. The summed E-state index contributed by atoms with van der Waals surface area (Å²) in [4.78, 5) is 17.6. The molecule has 4 heteroatoms. The number of hydrogen-bond donors (Lipinski definition) is 1. The molecule has 1 rings (SSSR count). The van der Waals surface area contributed by atoms with Gasteiger partial charge in [-0.25, -0.2) is 4.79 Å². The molecule has 18 heavy (non-hydrogen) atoms. The molecule has 0 saturated carbocycles. The van der Waals surface area contributed by atoms with Crippen molar-refractivity contribution in [3.05, 3.63) is 35.7 Å². The summed E-state index contributed by atoms with van der Waals surface area (Å²) in [5.74, 6) is -0.940. The first-order chi connectivity index (χ1) is 8.38. The number of pyridine rings is 1. The minimum Gasteiger partial charge on any atom is -0.478 e. The molecule has 1 heterocycles. The number of carbonyl (C=O) groups is 1. The number of carboxylic acid groups (broad SMARTS) is 1. The van der Waals surface area contributed by atoms with E-state index in [1.54, 1.807) is 13.0 Å². The molecule has 0 aliphatic heterocycles.